The zero-order valence-corrected chi connectivity index (χ0v) is 9.99. The zero-order valence-electron chi connectivity index (χ0n) is 9.99. The Labute approximate surface area is 91.3 Å². The highest BCUT2D eigenvalue weighted by atomic mass is 16.4. The van der Waals surface area contributed by atoms with Crippen LogP contribution in [0.15, 0.2) is 0 Å². The Morgan fingerprint density at radius 3 is 2.13 bits per heavy atom. The Morgan fingerprint density at radius 1 is 1.27 bits per heavy atom. The highest BCUT2D eigenvalue weighted by molar-refractivity contribution is 5.77. The Bertz CT molecular complexity index is 226. The molecule has 0 aliphatic heterocycles. The molecule has 0 bridgehead atoms. The van der Waals surface area contributed by atoms with E-state index in [1.807, 2.05) is 20.8 Å². The van der Waals surface area contributed by atoms with Crippen molar-refractivity contribution in [1.29, 1.82) is 0 Å². The van der Waals surface area contributed by atoms with Gasteiger partial charge in [-0.15, -0.1) is 0 Å². The molecule has 0 heterocycles. The normalized spacial score (nSPS) is 12.6. The predicted octanol–water partition coefficient (Wildman–Crippen LogP) is 1.74. The number of amides is 1. The Kier molecular flexibility index (Phi) is 5.97. The first-order chi connectivity index (χ1) is 6.90. The zero-order chi connectivity index (χ0) is 12.0. The average Bonchev–Trinajstić information content (AvgIpc) is 2.13. The minimum Gasteiger partial charge on any atom is -0.481 e. The summed E-state index contributed by atoms with van der Waals surface area (Å²) < 4.78 is 0. The number of carboxylic acids is 1. The SMILES string of the molecule is CCCC(=O)N(CC(C)C(=O)O)C(C)C. The molecule has 1 unspecified atom stereocenters. The highest BCUT2D eigenvalue weighted by Gasteiger charge is 2.21. The lowest BCUT2D eigenvalue weighted by atomic mass is 10.1. The maximum absolute atomic E-state index is 11.7. The van der Waals surface area contributed by atoms with E-state index in [1.54, 1.807) is 11.8 Å². The van der Waals surface area contributed by atoms with Gasteiger partial charge in [0.15, 0.2) is 0 Å². The summed E-state index contributed by atoms with van der Waals surface area (Å²) in [5.41, 5.74) is 0. The van der Waals surface area contributed by atoms with Crippen LogP contribution in [-0.4, -0.2) is 34.5 Å². The highest BCUT2D eigenvalue weighted by Crippen LogP contribution is 2.08. The Hall–Kier alpha value is -1.06. The molecule has 1 atom stereocenters. The summed E-state index contributed by atoms with van der Waals surface area (Å²) in [7, 11) is 0. The van der Waals surface area contributed by atoms with Crippen LogP contribution in [0.4, 0.5) is 0 Å². The number of carbonyl (C=O) groups is 2. The smallest absolute Gasteiger partial charge is 0.308 e. The van der Waals surface area contributed by atoms with Gasteiger partial charge in [-0.25, -0.2) is 0 Å². The van der Waals surface area contributed by atoms with Gasteiger partial charge in [0.1, 0.15) is 0 Å². The van der Waals surface area contributed by atoms with Gasteiger partial charge in [0, 0.05) is 19.0 Å². The molecule has 0 spiro atoms. The molecule has 15 heavy (non-hydrogen) atoms. The van der Waals surface area contributed by atoms with E-state index in [2.05, 4.69) is 0 Å². The van der Waals surface area contributed by atoms with Crippen LogP contribution in [0.2, 0.25) is 0 Å². The Balaban J connectivity index is 4.40. The van der Waals surface area contributed by atoms with Gasteiger partial charge in [0.2, 0.25) is 5.91 Å². The van der Waals surface area contributed by atoms with Gasteiger partial charge in [0.05, 0.1) is 5.92 Å². The molecule has 88 valence electrons. The molecule has 0 fully saturated rings. The number of carbonyl (C=O) groups excluding carboxylic acids is 1. The first kappa shape index (κ1) is 13.9. The molecule has 1 N–H and O–H groups in total. The topological polar surface area (TPSA) is 57.6 Å². The minimum atomic E-state index is -0.857. The summed E-state index contributed by atoms with van der Waals surface area (Å²) in [5.74, 6) is -1.32. The van der Waals surface area contributed by atoms with E-state index in [1.165, 1.54) is 0 Å². The van der Waals surface area contributed by atoms with Crippen LogP contribution >= 0.6 is 0 Å². The van der Waals surface area contributed by atoms with E-state index >= 15 is 0 Å². The largest absolute Gasteiger partial charge is 0.481 e. The molecule has 4 heteroatoms. The molecule has 0 aromatic heterocycles. The summed E-state index contributed by atoms with van der Waals surface area (Å²) in [6.45, 7) is 7.67. The van der Waals surface area contributed by atoms with E-state index in [-0.39, 0.29) is 11.9 Å². The lowest BCUT2D eigenvalue weighted by molar-refractivity contribution is -0.143. The second-order valence-electron chi connectivity index (χ2n) is 4.13. The van der Waals surface area contributed by atoms with Crippen molar-refractivity contribution in [3.8, 4) is 0 Å². The molecule has 0 radical (unpaired) electrons. The lowest BCUT2D eigenvalue weighted by Gasteiger charge is -2.28. The molecule has 0 aliphatic carbocycles. The molecule has 0 aromatic carbocycles. The van der Waals surface area contributed by atoms with Gasteiger partial charge in [0.25, 0.3) is 0 Å². The number of nitrogens with zero attached hydrogens (tertiary/aromatic N) is 1. The van der Waals surface area contributed by atoms with Crippen molar-refractivity contribution in [2.24, 2.45) is 5.92 Å². The third-order valence-electron chi connectivity index (χ3n) is 2.30. The number of carboxylic acid groups (broad SMARTS) is 1. The fourth-order valence-corrected chi connectivity index (χ4v) is 1.33. The maximum Gasteiger partial charge on any atom is 0.308 e. The summed E-state index contributed by atoms with van der Waals surface area (Å²) in [5, 5.41) is 8.79. The first-order valence-corrected chi connectivity index (χ1v) is 5.42. The summed E-state index contributed by atoms with van der Waals surface area (Å²) in [6.07, 6.45) is 1.29. The van der Waals surface area contributed by atoms with Crippen LogP contribution < -0.4 is 0 Å². The van der Waals surface area contributed by atoms with Crippen molar-refractivity contribution < 1.29 is 14.7 Å². The molecule has 0 rings (SSSR count). The molecular weight excluding hydrogens is 194 g/mol. The van der Waals surface area contributed by atoms with Gasteiger partial charge >= 0.3 is 5.97 Å². The molecule has 4 nitrogen and oxygen atoms in total. The van der Waals surface area contributed by atoms with Crippen LogP contribution in [0.1, 0.15) is 40.5 Å². The Morgan fingerprint density at radius 2 is 1.80 bits per heavy atom. The third kappa shape index (κ3) is 4.81. The molecule has 0 saturated heterocycles. The van der Waals surface area contributed by atoms with Crippen molar-refractivity contribution in [3.05, 3.63) is 0 Å². The molecule has 0 saturated carbocycles. The van der Waals surface area contributed by atoms with Crippen molar-refractivity contribution in [2.45, 2.75) is 46.6 Å². The monoisotopic (exact) mass is 215 g/mol. The lowest BCUT2D eigenvalue weighted by Crippen LogP contribution is -2.41. The van der Waals surface area contributed by atoms with E-state index < -0.39 is 11.9 Å². The van der Waals surface area contributed by atoms with Crippen LogP contribution in [0, 0.1) is 5.92 Å². The van der Waals surface area contributed by atoms with E-state index in [0.29, 0.717) is 13.0 Å². The fraction of sp³-hybridized carbons (Fsp3) is 0.818. The number of hydrogen-bond acceptors (Lipinski definition) is 2. The van der Waals surface area contributed by atoms with Crippen molar-refractivity contribution >= 4 is 11.9 Å². The fourth-order valence-electron chi connectivity index (χ4n) is 1.33. The van der Waals surface area contributed by atoms with Crippen LogP contribution in [0.3, 0.4) is 0 Å². The van der Waals surface area contributed by atoms with E-state index in [9.17, 15) is 9.59 Å². The van der Waals surface area contributed by atoms with Crippen molar-refractivity contribution in [2.75, 3.05) is 6.54 Å². The summed E-state index contributed by atoms with van der Waals surface area (Å²) in [6, 6.07) is 0.0610. The molecule has 0 aromatic rings. The first-order valence-electron chi connectivity index (χ1n) is 5.42. The van der Waals surface area contributed by atoms with Gasteiger partial charge < -0.3 is 10.0 Å². The van der Waals surface area contributed by atoms with Gasteiger partial charge in [-0.2, -0.15) is 0 Å². The molecular formula is C11H21NO3. The van der Waals surface area contributed by atoms with E-state index in [0.717, 1.165) is 6.42 Å². The van der Waals surface area contributed by atoms with E-state index in [4.69, 9.17) is 5.11 Å². The van der Waals surface area contributed by atoms with Crippen LogP contribution in [0.5, 0.6) is 0 Å². The number of rotatable bonds is 6. The summed E-state index contributed by atoms with van der Waals surface area (Å²) in [4.78, 5) is 24.0. The maximum atomic E-state index is 11.7. The van der Waals surface area contributed by atoms with Gasteiger partial charge in [-0.05, 0) is 20.3 Å². The third-order valence-corrected chi connectivity index (χ3v) is 2.30. The molecule has 0 aliphatic rings. The van der Waals surface area contributed by atoms with Gasteiger partial charge in [-0.3, -0.25) is 9.59 Å². The minimum absolute atomic E-state index is 0.0422. The second-order valence-corrected chi connectivity index (χ2v) is 4.13. The standard InChI is InChI=1S/C11H21NO3/c1-5-6-10(13)12(8(2)3)7-9(4)11(14)15/h8-9H,5-7H2,1-4H3,(H,14,15). The quantitative estimate of drug-likeness (QED) is 0.734. The van der Waals surface area contributed by atoms with Crippen LogP contribution in [-0.2, 0) is 9.59 Å². The molecule has 1 amide bonds. The predicted molar refractivity (Wildman–Crippen MR) is 58.6 cm³/mol. The summed E-state index contributed by atoms with van der Waals surface area (Å²) >= 11 is 0. The van der Waals surface area contributed by atoms with Gasteiger partial charge in [-0.1, -0.05) is 13.8 Å². The second kappa shape index (κ2) is 6.43. The van der Waals surface area contributed by atoms with Crippen molar-refractivity contribution in [1.82, 2.24) is 4.90 Å². The number of hydrogen-bond donors (Lipinski definition) is 1. The number of aliphatic carboxylic acids is 1. The van der Waals surface area contributed by atoms with Crippen molar-refractivity contribution in [3.63, 3.8) is 0 Å². The average molecular weight is 215 g/mol. The van der Waals surface area contributed by atoms with Crippen LogP contribution in [0.25, 0.3) is 0 Å².